The molecule has 0 atom stereocenters. The second-order valence-electron chi connectivity index (χ2n) is 6.64. The summed E-state index contributed by atoms with van der Waals surface area (Å²) in [4.78, 5) is 21.1. The summed E-state index contributed by atoms with van der Waals surface area (Å²) in [5.74, 6) is -0.408. The quantitative estimate of drug-likeness (QED) is 0.556. The van der Waals surface area contributed by atoms with Crippen molar-refractivity contribution in [3.8, 4) is 0 Å². The first kappa shape index (κ1) is 16.4. The van der Waals surface area contributed by atoms with Crippen LogP contribution in [0, 0.1) is 0 Å². The normalized spacial score (nSPS) is 21.0. The van der Waals surface area contributed by atoms with Crippen LogP contribution in [0.3, 0.4) is 0 Å². The zero-order chi connectivity index (χ0) is 17.6. The van der Waals surface area contributed by atoms with Gasteiger partial charge in [-0.15, -0.1) is 0 Å². The number of aromatic nitrogens is 3. The number of carbonyl (C=O) groups is 1. The Morgan fingerprint density at radius 2 is 2.04 bits per heavy atom. The number of rotatable bonds is 3. The molecule has 1 aliphatic rings. The fourth-order valence-electron chi connectivity index (χ4n) is 3.78. The lowest BCUT2D eigenvalue weighted by atomic mass is 9.91. The second-order valence-corrected chi connectivity index (χ2v) is 7.41. The number of amides is 1. The zero-order valence-corrected chi connectivity index (χ0v) is 14.9. The van der Waals surface area contributed by atoms with Gasteiger partial charge in [-0.05, 0) is 31.9 Å². The van der Waals surface area contributed by atoms with E-state index in [1.165, 1.54) is 11.8 Å². The first-order chi connectivity index (χ1) is 12.1. The third-order valence-electron chi connectivity index (χ3n) is 5.10. The van der Waals surface area contributed by atoms with Gasteiger partial charge in [0.25, 0.3) is 5.91 Å². The molecule has 7 heteroatoms. The van der Waals surface area contributed by atoms with Crippen LogP contribution in [-0.2, 0) is 0 Å². The standard InChI is InChI=1S/C18H21N5OS/c1-25-18-21-8-10-2-7-13-14(17(20)24)9-23(16(13)15(10)22-18)12-5-3-11(19)4-6-12/h2,7-9,11-12H,3-6,19H2,1H3,(H2,20,24). The lowest BCUT2D eigenvalue weighted by molar-refractivity contribution is 0.100. The Bertz CT molecular complexity index is 959. The summed E-state index contributed by atoms with van der Waals surface area (Å²) in [6.45, 7) is 0. The molecule has 1 aromatic carbocycles. The number of hydrogen-bond acceptors (Lipinski definition) is 5. The molecule has 1 aliphatic carbocycles. The molecule has 2 aromatic heterocycles. The SMILES string of the molecule is CSc1ncc2ccc3c(C(N)=O)cn(C4CCC(N)CC4)c3c2n1. The zero-order valence-electron chi connectivity index (χ0n) is 14.1. The smallest absolute Gasteiger partial charge is 0.250 e. The van der Waals surface area contributed by atoms with Crippen molar-refractivity contribution in [2.24, 2.45) is 11.5 Å². The van der Waals surface area contributed by atoms with Gasteiger partial charge in [0.1, 0.15) is 0 Å². The molecule has 6 nitrogen and oxygen atoms in total. The maximum atomic E-state index is 12.0. The fourth-order valence-corrected chi connectivity index (χ4v) is 4.12. The molecule has 0 unspecified atom stereocenters. The number of hydrogen-bond donors (Lipinski definition) is 2. The van der Waals surface area contributed by atoms with Gasteiger partial charge in [-0.25, -0.2) is 9.97 Å². The molecule has 4 N–H and O–H groups in total. The van der Waals surface area contributed by atoms with Gasteiger partial charge in [-0.3, -0.25) is 4.79 Å². The molecule has 3 aromatic rings. The second kappa shape index (κ2) is 6.31. The van der Waals surface area contributed by atoms with Crippen LogP contribution in [0.25, 0.3) is 21.8 Å². The fraction of sp³-hybridized carbons (Fsp3) is 0.389. The van der Waals surface area contributed by atoms with E-state index in [0.29, 0.717) is 11.6 Å². The van der Waals surface area contributed by atoms with Crippen LogP contribution in [0.5, 0.6) is 0 Å². The van der Waals surface area contributed by atoms with Crippen molar-refractivity contribution >= 4 is 39.5 Å². The van der Waals surface area contributed by atoms with Crippen molar-refractivity contribution in [2.45, 2.75) is 42.9 Å². The Hall–Kier alpha value is -2.12. The third kappa shape index (κ3) is 2.77. The number of nitrogens with zero attached hydrogens (tertiary/aromatic N) is 3. The average molecular weight is 355 g/mol. The minimum absolute atomic E-state index is 0.274. The van der Waals surface area contributed by atoms with Gasteiger partial charge in [0.05, 0.1) is 16.6 Å². The molecule has 130 valence electrons. The van der Waals surface area contributed by atoms with Crippen LogP contribution in [0.1, 0.15) is 42.1 Å². The highest BCUT2D eigenvalue weighted by atomic mass is 32.2. The van der Waals surface area contributed by atoms with Gasteiger partial charge in [-0.2, -0.15) is 0 Å². The monoisotopic (exact) mass is 355 g/mol. The van der Waals surface area contributed by atoms with Crippen LogP contribution in [0.15, 0.2) is 29.7 Å². The Morgan fingerprint density at radius 1 is 1.28 bits per heavy atom. The minimum Gasteiger partial charge on any atom is -0.366 e. The van der Waals surface area contributed by atoms with Gasteiger partial charge in [0.2, 0.25) is 0 Å². The first-order valence-electron chi connectivity index (χ1n) is 8.48. The predicted molar refractivity (Wildman–Crippen MR) is 101 cm³/mol. The highest BCUT2D eigenvalue weighted by molar-refractivity contribution is 7.98. The molecule has 4 rings (SSSR count). The van der Waals surface area contributed by atoms with Crippen molar-refractivity contribution in [1.29, 1.82) is 0 Å². The molecule has 2 heterocycles. The van der Waals surface area contributed by atoms with Crippen molar-refractivity contribution in [1.82, 2.24) is 14.5 Å². The molecule has 0 spiro atoms. The van der Waals surface area contributed by atoms with Crippen LogP contribution >= 0.6 is 11.8 Å². The summed E-state index contributed by atoms with van der Waals surface area (Å²) in [6, 6.07) is 4.49. The summed E-state index contributed by atoms with van der Waals surface area (Å²) in [5, 5.41) is 2.55. The molecular weight excluding hydrogens is 334 g/mol. The van der Waals surface area contributed by atoms with Gasteiger partial charge in [0, 0.05) is 35.2 Å². The minimum atomic E-state index is -0.408. The van der Waals surface area contributed by atoms with E-state index in [9.17, 15) is 4.79 Å². The van der Waals surface area contributed by atoms with Crippen LogP contribution in [0.2, 0.25) is 0 Å². The van der Waals surface area contributed by atoms with Gasteiger partial charge in [-0.1, -0.05) is 23.9 Å². The third-order valence-corrected chi connectivity index (χ3v) is 5.67. The molecule has 25 heavy (non-hydrogen) atoms. The topological polar surface area (TPSA) is 99.8 Å². The molecule has 0 radical (unpaired) electrons. The highest BCUT2D eigenvalue weighted by Crippen LogP contribution is 2.36. The maximum Gasteiger partial charge on any atom is 0.250 e. The number of fused-ring (bicyclic) bond motifs is 3. The largest absolute Gasteiger partial charge is 0.366 e. The number of nitrogens with two attached hydrogens (primary N) is 2. The van der Waals surface area contributed by atoms with Gasteiger partial charge < -0.3 is 16.0 Å². The van der Waals surface area contributed by atoms with Crippen LogP contribution < -0.4 is 11.5 Å². The number of carbonyl (C=O) groups excluding carboxylic acids is 1. The molecule has 1 saturated carbocycles. The van der Waals surface area contributed by atoms with E-state index in [2.05, 4.69) is 9.55 Å². The molecule has 0 aliphatic heterocycles. The number of primary amides is 1. The number of benzene rings is 1. The summed E-state index contributed by atoms with van der Waals surface area (Å²) < 4.78 is 2.20. The Kier molecular flexibility index (Phi) is 4.13. The van der Waals surface area contributed by atoms with E-state index >= 15 is 0 Å². The Labute approximate surface area is 150 Å². The van der Waals surface area contributed by atoms with E-state index in [1.54, 1.807) is 0 Å². The Morgan fingerprint density at radius 3 is 2.72 bits per heavy atom. The molecular formula is C18H21N5OS. The summed E-state index contributed by atoms with van der Waals surface area (Å²) in [6.07, 6.45) is 9.68. The van der Waals surface area contributed by atoms with E-state index in [4.69, 9.17) is 16.5 Å². The lowest BCUT2D eigenvalue weighted by Gasteiger charge is -2.28. The molecule has 1 fully saturated rings. The summed E-state index contributed by atoms with van der Waals surface area (Å²) >= 11 is 1.51. The van der Waals surface area contributed by atoms with E-state index in [0.717, 1.165) is 52.6 Å². The molecule has 0 bridgehead atoms. The van der Waals surface area contributed by atoms with Gasteiger partial charge in [0.15, 0.2) is 5.16 Å². The molecule has 0 saturated heterocycles. The molecule has 1 amide bonds. The van der Waals surface area contributed by atoms with E-state index < -0.39 is 5.91 Å². The van der Waals surface area contributed by atoms with E-state index in [-0.39, 0.29) is 6.04 Å². The first-order valence-corrected chi connectivity index (χ1v) is 9.70. The van der Waals surface area contributed by atoms with Crippen molar-refractivity contribution in [3.63, 3.8) is 0 Å². The average Bonchev–Trinajstić information content (AvgIpc) is 3.02. The van der Waals surface area contributed by atoms with Crippen molar-refractivity contribution < 1.29 is 4.79 Å². The summed E-state index contributed by atoms with van der Waals surface area (Å²) in [7, 11) is 0. The summed E-state index contributed by atoms with van der Waals surface area (Å²) in [5.41, 5.74) is 14.1. The van der Waals surface area contributed by atoms with Crippen molar-refractivity contribution in [2.75, 3.05) is 6.26 Å². The van der Waals surface area contributed by atoms with Gasteiger partial charge >= 0.3 is 0 Å². The predicted octanol–water partition coefficient (Wildman–Crippen LogP) is 2.85. The maximum absolute atomic E-state index is 12.0. The van der Waals surface area contributed by atoms with Crippen LogP contribution in [-0.4, -0.2) is 32.7 Å². The van der Waals surface area contributed by atoms with E-state index in [1.807, 2.05) is 30.8 Å². The Balaban J connectivity index is 1.99. The lowest BCUT2D eigenvalue weighted by Crippen LogP contribution is -2.27. The highest BCUT2D eigenvalue weighted by Gasteiger charge is 2.24. The number of thioether (sulfide) groups is 1. The van der Waals surface area contributed by atoms with Crippen molar-refractivity contribution in [3.05, 3.63) is 30.1 Å². The van der Waals surface area contributed by atoms with Crippen LogP contribution in [0.4, 0.5) is 0 Å².